The van der Waals surface area contributed by atoms with Gasteiger partial charge in [0.1, 0.15) is 11.3 Å². The Kier molecular flexibility index (Phi) is 4.44. The third-order valence-corrected chi connectivity index (χ3v) is 5.58. The van der Waals surface area contributed by atoms with Crippen LogP contribution >= 0.6 is 0 Å². The highest BCUT2D eigenvalue weighted by atomic mass is 16.5. The van der Waals surface area contributed by atoms with Gasteiger partial charge in [0, 0.05) is 43.8 Å². The molecule has 2 N–H and O–H groups in total. The van der Waals surface area contributed by atoms with Crippen LogP contribution in [0, 0.1) is 0 Å². The zero-order valence-corrected chi connectivity index (χ0v) is 16.5. The van der Waals surface area contributed by atoms with Gasteiger partial charge < -0.3 is 15.4 Å². The molecule has 0 aliphatic carbocycles. The van der Waals surface area contributed by atoms with E-state index < -0.39 is 0 Å². The summed E-state index contributed by atoms with van der Waals surface area (Å²) < 4.78 is 7.18. The Balaban J connectivity index is 1.38. The molecule has 1 aliphatic heterocycles. The molecule has 1 aliphatic rings. The number of hydrogen-bond donors (Lipinski definition) is 1. The number of nitrogens with two attached hydrogens (primary N) is 1. The van der Waals surface area contributed by atoms with Gasteiger partial charge in [-0.05, 0) is 24.3 Å². The first-order valence-electron chi connectivity index (χ1n) is 9.86. The molecule has 7 nitrogen and oxygen atoms in total. The van der Waals surface area contributed by atoms with Crippen LogP contribution in [0.3, 0.4) is 0 Å². The molecule has 29 heavy (non-hydrogen) atoms. The van der Waals surface area contributed by atoms with Crippen molar-refractivity contribution in [2.75, 3.05) is 43.9 Å². The van der Waals surface area contributed by atoms with E-state index in [1.165, 1.54) is 5.69 Å². The Bertz CT molecular complexity index is 1150. The van der Waals surface area contributed by atoms with Gasteiger partial charge >= 0.3 is 0 Å². The molecule has 5 rings (SSSR count). The van der Waals surface area contributed by atoms with Crippen LogP contribution < -0.4 is 15.4 Å². The van der Waals surface area contributed by atoms with E-state index in [4.69, 9.17) is 15.6 Å². The number of ether oxygens (including phenoxy) is 1. The number of piperazine rings is 1. The summed E-state index contributed by atoms with van der Waals surface area (Å²) in [5.74, 6) is 1.09. The highest BCUT2D eigenvalue weighted by Crippen LogP contribution is 2.29. The lowest BCUT2D eigenvalue weighted by molar-refractivity contribution is 0.247. The SMILES string of the molecule is COc1cccc2c1nc(N)n1nc(CN3CCN(c4ccccc4)CC3)cc21. The van der Waals surface area contributed by atoms with Crippen LogP contribution in [0.25, 0.3) is 16.4 Å². The van der Waals surface area contributed by atoms with Crippen LogP contribution in [0.1, 0.15) is 5.69 Å². The standard InChI is InChI=1S/C22H24N6O/c1-29-20-9-5-8-18-19-14-16(25-28(19)22(23)24-21(18)20)15-26-10-12-27(13-11-26)17-6-3-2-4-7-17/h2-9,14H,10-13,15H2,1H3,(H2,23,24). The van der Waals surface area contributed by atoms with Crippen LogP contribution in [0.2, 0.25) is 0 Å². The second-order valence-corrected chi connectivity index (χ2v) is 7.36. The first-order chi connectivity index (χ1) is 14.2. The van der Waals surface area contributed by atoms with Crippen LogP contribution in [-0.2, 0) is 6.54 Å². The molecule has 4 aromatic rings. The number of nitrogen functional groups attached to an aromatic ring is 1. The molecule has 0 saturated carbocycles. The highest BCUT2D eigenvalue weighted by Gasteiger charge is 2.19. The van der Waals surface area contributed by atoms with Gasteiger partial charge in [0.2, 0.25) is 5.95 Å². The number of para-hydroxylation sites is 2. The number of nitrogens with zero attached hydrogens (tertiary/aromatic N) is 5. The molecule has 0 atom stereocenters. The fourth-order valence-electron chi connectivity index (χ4n) is 4.08. The second-order valence-electron chi connectivity index (χ2n) is 7.36. The van der Waals surface area contributed by atoms with E-state index in [-0.39, 0.29) is 0 Å². The van der Waals surface area contributed by atoms with Gasteiger partial charge in [-0.25, -0.2) is 4.98 Å². The number of hydrogen-bond acceptors (Lipinski definition) is 6. The molecule has 3 heterocycles. The number of benzene rings is 2. The van der Waals surface area contributed by atoms with Crippen molar-refractivity contribution in [2.24, 2.45) is 0 Å². The van der Waals surface area contributed by atoms with Gasteiger partial charge in [-0.1, -0.05) is 30.3 Å². The average Bonchev–Trinajstić information content (AvgIpc) is 3.19. The predicted octanol–water partition coefficient (Wildman–Crippen LogP) is 2.80. The van der Waals surface area contributed by atoms with E-state index in [9.17, 15) is 0 Å². The minimum absolute atomic E-state index is 0.372. The molecule has 1 fully saturated rings. The van der Waals surface area contributed by atoms with E-state index in [1.807, 2.05) is 18.2 Å². The monoisotopic (exact) mass is 388 g/mol. The molecule has 0 amide bonds. The quantitative estimate of drug-likeness (QED) is 0.580. The van der Waals surface area contributed by atoms with E-state index in [2.05, 4.69) is 51.2 Å². The molecule has 7 heteroatoms. The minimum Gasteiger partial charge on any atom is -0.494 e. The van der Waals surface area contributed by atoms with Crippen molar-refractivity contribution in [1.82, 2.24) is 19.5 Å². The molecule has 0 unspecified atom stereocenters. The molecule has 1 saturated heterocycles. The smallest absolute Gasteiger partial charge is 0.222 e. The Morgan fingerprint density at radius 2 is 1.79 bits per heavy atom. The third kappa shape index (κ3) is 3.23. The predicted molar refractivity (Wildman–Crippen MR) is 115 cm³/mol. The maximum Gasteiger partial charge on any atom is 0.222 e. The van der Waals surface area contributed by atoms with E-state index in [0.29, 0.717) is 5.95 Å². The van der Waals surface area contributed by atoms with Crippen LogP contribution in [0.5, 0.6) is 5.75 Å². The van der Waals surface area contributed by atoms with Crippen molar-refractivity contribution in [1.29, 1.82) is 0 Å². The zero-order chi connectivity index (χ0) is 19.8. The average molecular weight is 388 g/mol. The molecule has 148 valence electrons. The molecular formula is C22H24N6O. The number of rotatable bonds is 4. The third-order valence-electron chi connectivity index (χ3n) is 5.58. The summed E-state index contributed by atoms with van der Waals surface area (Å²) in [6.07, 6.45) is 0. The Hall–Kier alpha value is -3.32. The summed E-state index contributed by atoms with van der Waals surface area (Å²) in [5.41, 5.74) is 10.2. The number of aromatic nitrogens is 3. The fraction of sp³-hybridized carbons (Fsp3) is 0.273. The Labute approximate surface area is 169 Å². The number of anilines is 2. The molecular weight excluding hydrogens is 364 g/mol. The lowest BCUT2D eigenvalue weighted by Crippen LogP contribution is -2.46. The number of methoxy groups -OCH3 is 1. The highest BCUT2D eigenvalue weighted by molar-refractivity contribution is 5.97. The van der Waals surface area contributed by atoms with Gasteiger partial charge in [-0.3, -0.25) is 4.90 Å². The normalized spacial score (nSPS) is 15.3. The lowest BCUT2D eigenvalue weighted by Gasteiger charge is -2.35. The molecule has 2 aromatic carbocycles. The van der Waals surface area contributed by atoms with Crippen molar-refractivity contribution >= 4 is 28.1 Å². The maximum absolute atomic E-state index is 6.19. The van der Waals surface area contributed by atoms with E-state index >= 15 is 0 Å². The molecule has 0 spiro atoms. The topological polar surface area (TPSA) is 71.9 Å². The minimum atomic E-state index is 0.372. The summed E-state index contributed by atoms with van der Waals surface area (Å²) in [6, 6.07) is 18.6. The summed E-state index contributed by atoms with van der Waals surface area (Å²) in [5, 5.41) is 5.71. The van der Waals surface area contributed by atoms with Gasteiger partial charge in [-0.15, -0.1) is 0 Å². The van der Waals surface area contributed by atoms with E-state index in [0.717, 1.165) is 60.6 Å². The van der Waals surface area contributed by atoms with Gasteiger partial charge in [-0.2, -0.15) is 9.61 Å². The molecule has 0 bridgehead atoms. The van der Waals surface area contributed by atoms with Gasteiger partial charge in [0.25, 0.3) is 0 Å². The van der Waals surface area contributed by atoms with Crippen molar-refractivity contribution in [3.8, 4) is 5.75 Å². The molecule has 2 aromatic heterocycles. The summed E-state index contributed by atoms with van der Waals surface area (Å²) >= 11 is 0. The van der Waals surface area contributed by atoms with Gasteiger partial charge in [0.05, 0.1) is 18.3 Å². The fourth-order valence-corrected chi connectivity index (χ4v) is 4.08. The van der Waals surface area contributed by atoms with Gasteiger partial charge in [0.15, 0.2) is 0 Å². The summed E-state index contributed by atoms with van der Waals surface area (Å²) in [7, 11) is 1.65. The largest absolute Gasteiger partial charge is 0.494 e. The van der Waals surface area contributed by atoms with Crippen molar-refractivity contribution in [3.63, 3.8) is 0 Å². The first-order valence-corrected chi connectivity index (χ1v) is 9.86. The van der Waals surface area contributed by atoms with Crippen molar-refractivity contribution < 1.29 is 4.74 Å². The van der Waals surface area contributed by atoms with E-state index in [1.54, 1.807) is 11.6 Å². The summed E-state index contributed by atoms with van der Waals surface area (Å²) in [6.45, 7) is 4.84. The maximum atomic E-state index is 6.19. The Morgan fingerprint density at radius 1 is 1.00 bits per heavy atom. The second kappa shape index (κ2) is 7.25. The summed E-state index contributed by atoms with van der Waals surface area (Å²) in [4.78, 5) is 9.38. The molecule has 0 radical (unpaired) electrons. The zero-order valence-electron chi connectivity index (χ0n) is 16.5. The van der Waals surface area contributed by atoms with Crippen LogP contribution in [-0.4, -0.2) is 52.8 Å². The first kappa shape index (κ1) is 17.8. The Morgan fingerprint density at radius 3 is 2.55 bits per heavy atom. The van der Waals surface area contributed by atoms with Crippen LogP contribution in [0.4, 0.5) is 11.6 Å². The van der Waals surface area contributed by atoms with Crippen molar-refractivity contribution in [3.05, 3.63) is 60.3 Å². The lowest BCUT2D eigenvalue weighted by atomic mass is 10.2. The van der Waals surface area contributed by atoms with Crippen molar-refractivity contribution in [2.45, 2.75) is 6.54 Å². The number of fused-ring (bicyclic) bond motifs is 3. The van der Waals surface area contributed by atoms with Crippen LogP contribution in [0.15, 0.2) is 54.6 Å².